The molecule has 1 saturated carbocycles. The van der Waals surface area contributed by atoms with Crippen molar-refractivity contribution in [1.82, 2.24) is 10.2 Å². The molecule has 106 valence electrons. The Morgan fingerprint density at radius 3 is 2.78 bits per heavy atom. The van der Waals surface area contributed by atoms with Crippen LogP contribution in [-0.4, -0.2) is 48.6 Å². The molecule has 1 aliphatic heterocycles. The summed E-state index contributed by atoms with van der Waals surface area (Å²) in [5.74, 6) is 0.958. The van der Waals surface area contributed by atoms with Crippen LogP contribution in [0.4, 0.5) is 0 Å². The van der Waals surface area contributed by atoms with Crippen LogP contribution in [0.3, 0.4) is 0 Å². The van der Waals surface area contributed by atoms with Crippen LogP contribution in [0.1, 0.15) is 45.4 Å². The van der Waals surface area contributed by atoms with E-state index >= 15 is 0 Å². The molecule has 0 aromatic heterocycles. The Morgan fingerprint density at radius 1 is 1.28 bits per heavy atom. The van der Waals surface area contributed by atoms with Gasteiger partial charge in [-0.2, -0.15) is 11.8 Å². The molecule has 2 nitrogen and oxygen atoms in total. The molecule has 18 heavy (non-hydrogen) atoms. The lowest BCUT2D eigenvalue weighted by atomic mass is 9.83. The molecule has 1 saturated heterocycles. The van der Waals surface area contributed by atoms with E-state index in [4.69, 9.17) is 0 Å². The van der Waals surface area contributed by atoms with Crippen LogP contribution in [0.25, 0.3) is 0 Å². The Balaban J connectivity index is 1.73. The summed E-state index contributed by atoms with van der Waals surface area (Å²) >= 11 is 2.00. The fraction of sp³-hybridized carbons (Fsp3) is 1.00. The summed E-state index contributed by atoms with van der Waals surface area (Å²) in [6, 6.07) is 0.781. The molecular weight excluding hydrogens is 240 g/mol. The summed E-state index contributed by atoms with van der Waals surface area (Å²) in [5.41, 5.74) is 0. The third-order valence-electron chi connectivity index (χ3n) is 4.76. The molecule has 0 amide bonds. The van der Waals surface area contributed by atoms with Crippen molar-refractivity contribution in [3.8, 4) is 0 Å². The van der Waals surface area contributed by atoms with Crippen LogP contribution in [0.2, 0.25) is 0 Å². The maximum Gasteiger partial charge on any atom is 0.0223 e. The zero-order chi connectivity index (χ0) is 12.8. The maximum atomic E-state index is 3.77. The first-order chi connectivity index (χ1) is 8.79. The van der Waals surface area contributed by atoms with E-state index in [0.29, 0.717) is 0 Å². The Hall–Kier alpha value is 0.270. The Labute approximate surface area is 117 Å². The van der Waals surface area contributed by atoms with Gasteiger partial charge in [0, 0.05) is 30.9 Å². The van der Waals surface area contributed by atoms with E-state index in [2.05, 4.69) is 23.4 Å². The van der Waals surface area contributed by atoms with Gasteiger partial charge in [-0.3, -0.25) is 0 Å². The van der Waals surface area contributed by atoms with E-state index in [0.717, 1.165) is 17.2 Å². The molecule has 0 aromatic carbocycles. The summed E-state index contributed by atoms with van der Waals surface area (Å²) in [7, 11) is 0. The summed E-state index contributed by atoms with van der Waals surface area (Å²) in [4.78, 5) is 2.70. The number of rotatable bonds is 5. The summed E-state index contributed by atoms with van der Waals surface area (Å²) < 4.78 is 0. The van der Waals surface area contributed by atoms with Crippen molar-refractivity contribution >= 4 is 11.8 Å². The van der Waals surface area contributed by atoms with Gasteiger partial charge in [0.05, 0.1) is 0 Å². The van der Waals surface area contributed by atoms with Crippen LogP contribution in [0, 0.1) is 5.92 Å². The lowest BCUT2D eigenvalue weighted by molar-refractivity contribution is 0.145. The smallest absolute Gasteiger partial charge is 0.0223 e. The van der Waals surface area contributed by atoms with E-state index < -0.39 is 0 Å². The van der Waals surface area contributed by atoms with Crippen LogP contribution >= 0.6 is 11.8 Å². The normalized spacial score (nSPS) is 29.3. The highest BCUT2D eigenvalue weighted by Crippen LogP contribution is 2.27. The van der Waals surface area contributed by atoms with E-state index in [1.165, 1.54) is 64.7 Å². The predicted molar refractivity (Wildman–Crippen MR) is 82.4 cm³/mol. The minimum atomic E-state index is 0.781. The number of nitrogens with one attached hydrogen (secondary N) is 1. The van der Waals surface area contributed by atoms with Gasteiger partial charge in [-0.15, -0.1) is 0 Å². The largest absolute Gasteiger partial charge is 0.311 e. The molecule has 0 spiro atoms. The molecule has 0 aromatic rings. The van der Waals surface area contributed by atoms with Gasteiger partial charge in [-0.25, -0.2) is 0 Å². The first-order valence-corrected chi connectivity index (χ1v) is 9.07. The van der Waals surface area contributed by atoms with Crippen molar-refractivity contribution in [2.45, 2.75) is 56.7 Å². The number of hydrogen-bond donors (Lipinski definition) is 1. The highest BCUT2D eigenvalue weighted by Gasteiger charge is 2.27. The Morgan fingerprint density at radius 2 is 2.06 bits per heavy atom. The molecular formula is C15H30N2S. The highest BCUT2D eigenvalue weighted by molar-refractivity contribution is 7.99. The second kappa shape index (κ2) is 7.76. The molecule has 2 fully saturated rings. The zero-order valence-corrected chi connectivity index (χ0v) is 13.0. The van der Waals surface area contributed by atoms with Gasteiger partial charge in [0.15, 0.2) is 0 Å². The maximum absolute atomic E-state index is 3.77. The standard InChI is InChI=1S/C15H30N2S/c1-13(18-2)8-10-17-11-9-16-15(12-17)14-6-4-3-5-7-14/h13-16H,3-12H2,1-2H3. The predicted octanol–water partition coefficient (Wildman–Crippen LogP) is 2.98. The average molecular weight is 270 g/mol. The van der Waals surface area contributed by atoms with E-state index in [9.17, 15) is 0 Å². The van der Waals surface area contributed by atoms with Crippen molar-refractivity contribution < 1.29 is 0 Å². The van der Waals surface area contributed by atoms with E-state index in [1.807, 2.05) is 11.8 Å². The van der Waals surface area contributed by atoms with Crippen molar-refractivity contribution in [2.24, 2.45) is 5.92 Å². The minimum absolute atomic E-state index is 0.781. The fourth-order valence-electron chi connectivity index (χ4n) is 3.38. The minimum Gasteiger partial charge on any atom is -0.311 e. The van der Waals surface area contributed by atoms with Gasteiger partial charge in [-0.05, 0) is 38.0 Å². The lowest BCUT2D eigenvalue weighted by Crippen LogP contribution is -2.54. The second-order valence-electron chi connectivity index (χ2n) is 6.09. The molecule has 2 rings (SSSR count). The van der Waals surface area contributed by atoms with Crippen molar-refractivity contribution in [1.29, 1.82) is 0 Å². The molecule has 1 N–H and O–H groups in total. The molecule has 0 bridgehead atoms. The number of piperazine rings is 1. The van der Waals surface area contributed by atoms with E-state index in [-0.39, 0.29) is 0 Å². The zero-order valence-electron chi connectivity index (χ0n) is 12.2. The number of hydrogen-bond acceptors (Lipinski definition) is 3. The molecule has 2 unspecified atom stereocenters. The van der Waals surface area contributed by atoms with Gasteiger partial charge < -0.3 is 10.2 Å². The topological polar surface area (TPSA) is 15.3 Å². The van der Waals surface area contributed by atoms with Crippen LogP contribution < -0.4 is 5.32 Å². The molecule has 3 heteroatoms. The molecule has 2 atom stereocenters. The lowest BCUT2D eigenvalue weighted by Gasteiger charge is -2.39. The van der Waals surface area contributed by atoms with Gasteiger partial charge >= 0.3 is 0 Å². The first kappa shape index (κ1) is 14.7. The molecule has 0 radical (unpaired) electrons. The Kier molecular flexibility index (Phi) is 6.33. The second-order valence-corrected chi connectivity index (χ2v) is 7.37. The molecule has 1 aliphatic carbocycles. The van der Waals surface area contributed by atoms with Crippen LogP contribution in [0.15, 0.2) is 0 Å². The van der Waals surface area contributed by atoms with Crippen molar-refractivity contribution in [3.63, 3.8) is 0 Å². The van der Waals surface area contributed by atoms with Crippen LogP contribution in [-0.2, 0) is 0 Å². The number of nitrogens with zero attached hydrogens (tertiary/aromatic N) is 1. The number of thioether (sulfide) groups is 1. The van der Waals surface area contributed by atoms with Gasteiger partial charge in [-0.1, -0.05) is 26.2 Å². The summed E-state index contributed by atoms with van der Waals surface area (Å²) in [6.45, 7) is 7.41. The molecule has 2 aliphatic rings. The van der Waals surface area contributed by atoms with Crippen molar-refractivity contribution in [3.05, 3.63) is 0 Å². The average Bonchev–Trinajstić information content (AvgIpc) is 2.46. The fourth-order valence-corrected chi connectivity index (χ4v) is 3.72. The summed E-state index contributed by atoms with van der Waals surface area (Å²) in [6.07, 6.45) is 10.9. The van der Waals surface area contributed by atoms with Crippen molar-refractivity contribution in [2.75, 3.05) is 32.4 Å². The van der Waals surface area contributed by atoms with E-state index in [1.54, 1.807) is 0 Å². The van der Waals surface area contributed by atoms with Gasteiger partial charge in [0.1, 0.15) is 0 Å². The van der Waals surface area contributed by atoms with Gasteiger partial charge in [0.25, 0.3) is 0 Å². The Bertz CT molecular complexity index is 229. The monoisotopic (exact) mass is 270 g/mol. The molecule has 1 heterocycles. The third-order valence-corrected chi connectivity index (χ3v) is 5.80. The SMILES string of the molecule is CSC(C)CCN1CCNC(C2CCCCC2)C1. The highest BCUT2D eigenvalue weighted by atomic mass is 32.2. The summed E-state index contributed by atoms with van der Waals surface area (Å²) in [5, 5.41) is 4.59. The third kappa shape index (κ3) is 4.43. The van der Waals surface area contributed by atoms with Gasteiger partial charge in [0.2, 0.25) is 0 Å². The quantitative estimate of drug-likeness (QED) is 0.827. The van der Waals surface area contributed by atoms with Crippen LogP contribution in [0.5, 0.6) is 0 Å². The first-order valence-electron chi connectivity index (χ1n) is 7.78.